The minimum Gasteiger partial charge on any atom is -0.368 e. The molecule has 0 bridgehead atoms. The lowest BCUT2D eigenvalue weighted by molar-refractivity contribution is -0.0552. The van der Waals surface area contributed by atoms with Gasteiger partial charge in [0.15, 0.2) is 6.29 Å². The monoisotopic (exact) mass is 314 g/mol. The Balaban J connectivity index is 3.50. The Labute approximate surface area is 139 Å². The third-order valence-electron chi connectivity index (χ3n) is 4.88. The van der Waals surface area contributed by atoms with Crippen molar-refractivity contribution >= 4 is 0 Å². The number of rotatable bonds is 14. The Morgan fingerprint density at radius 1 is 0.545 bits per heavy atom. The molecule has 0 aliphatic rings. The number of hydrogen-bond donors (Lipinski definition) is 2. The van der Waals surface area contributed by atoms with Gasteiger partial charge in [-0.3, -0.25) is 0 Å². The van der Waals surface area contributed by atoms with Crippen molar-refractivity contribution in [2.75, 3.05) is 0 Å². The van der Waals surface area contributed by atoms with Gasteiger partial charge < -0.3 is 10.2 Å². The summed E-state index contributed by atoms with van der Waals surface area (Å²) in [4.78, 5) is 0. The van der Waals surface area contributed by atoms with Crippen LogP contribution in [0.3, 0.4) is 0 Å². The van der Waals surface area contributed by atoms with Gasteiger partial charge in [0.25, 0.3) is 0 Å². The van der Waals surface area contributed by atoms with E-state index in [2.05, 4.69) is 34.6 Å². The van der Waals surface area contributed by atoms with Gasteiger partial charge in [-0.05, 0) is 23.7 Å². The van der Waals surface area contributed by atoms with Crippen molar-refractivity contribution in [2.24, 2.45) is 23.7 Å². The highest BCUT2D eigenvalue weighted by molar-refractivity contribution is 4.61. The second-order valence-electron chi connectivity index (χ2n) is 8.22. The summed E-state index contributed by atoms with van der Waals surface area (Å²) in [7, 11) is 0. The molecule has 3 atom stereocenters. The highest BCUT2D eigenvalue weighted by Crippen LogP contribution is 2.22. The summed E-state index contributed by atoms with van der Waals surface area (Å²) >= 11 is 0. The zero-order chi connectivity index (χ0) is 17.0. The second-order valence-corrected chi connectivity index (χ2v) is 8.22. The van der Waals surface area contributed by atoms with Crippen LogP contribution in [0.25, 0.3) is 0 Å². The van der Waals surface area contributed by atoms with Crippen LogP contribution in [0.2, 0.25) is 0 Å². The van der Waals surface area contributed by atoms with Crippen LogP contribution >= 0.6 is 0 Å². The fourth-order valence-corrected chi connectivity index (χ4v) is 3.27. The largest absolute Gasteiger partial charge is 0.368 e. The Bertz CT molecular complexity index is 238. The van der Waals surface area contributed by atoms with Gasteiger partial charge in [0, 0.05) is 6.42 Å². The van der Waals surface area contributed by atoms with Crippen LogP contribution in [0.4, 0.5) is 0 Å². The van der Waals surface area contributed by atoms with Crippen molar-refractivity contribution in [3.63, 3.8) is 0 Å². The van der Waals surface area contributed by atoms with Crippen LogP contribution in [0.15, 0.2) is 0 Å². The van der Waals surface area contributed by atoms with Crippen LogP contribution in [-0.2, 0) is 0 Å². The van der Waals surface area contributed by atoms with E-state index in [1.54, 1.807) is 0 Å². The molecule has 0 heterocycles. The summed E-state index contributed by atoms with van der Waals surface area (Å²) < 4.78 is 0. The number of aliphatic hydroxyl groups excluding tert-OH is 1. The van der Waals surface area contributed by atoms with Gasteiger partial charge in [0.1, 0.15) is 0 Å². The van der Waals surface area contributed by atoms with E-state index in [9.17, 15) is 0 Å². The molecule has 0 aliphatic heterocycles. The summed E-state index contributed by atoms with van der Waals surface area (Å²) in [5.74, 6) is 2.97. The normalized spacial score (nSPS) is 16.2. The standard InChI is InChI=1S/C20H42O2/c1-16(2)9-6-10-17(3)11-7-12-18(4)13-8-14-19(5)15-20(21)22/h16-22H,6-15H2,1-5H3. The minimum atomic E-state index is -1.13. The van der Waals surface area contributed by atoms with Crippen LogP contribution in [0.1, 0.15) is 98.8 Å². The first-order valence-electron chi connectivity index (χ1n) is 9.67. The molecule has 134 valence electrons. The van der Waals surface area contributed by atoms with E-state index in [1.807, 2.05) is 0 Å². The van der Waals surface area contributed by atoms with Gasteiger partial charge >= 0.3 is 0 Å². The molecule has 3 unspecified atom stereocenters. The number of hydrogen-bond acceptors (Lipinski definition) is 2. The van der Waals surface area contributed by atoms with Crippen molar-refractivity contribution < 1.29 is 10.2 Å². The molecule has 0 aromatic rings. The predicted molar refractivity (Wildman–Crippen MR) is 96.7 cm³/mol. The molecule has 0 aromatic carbocycles. The third-order valence-corrected chi connectivity index (χ3v) is 4.88. The molecule has 2 heteroatoms. The van der Waals surface area contributed by atoms with Crippen molar-refractivity contribution in [1.29, 1.82) is 0 Å². The van der Waals surface area contributed by atoms with Crippen LogP contribution in [0, 0.1) is 23.7 Å². The zero-order valence-electron chi connectivity index (χ0n) is 15.9. The lowest BCUT2D eigenvalue weighted by Crippen LogP contribution is -2.10. The van der Waals surface area contributed by atoms with Gasteiger partial charge in [0.05, 0.1) is 0 Å². The molecule has 0 spiro atoms. The van der Waals surface area contributed by atoms with Crippen LogP contribution in [0.5, 0.6) is 0 Å². The van der Waals surface area contributed by atoms with Crippen molar-refractivity contribution in [3.8, 4) is 0 Å². The number of aliphatic hydroxyl groups is 2. The Morgan fingerprint density at radius 3 is 1.27 bits per heavy atom. The summed E-state index contributed by atoms with van der Waals surface area (Å²) in [5.41, 5.74) is 0. The molecule has 0 saturated heterocycles. The highest BCUT2D eigenvalue weighted by Gasteiger charge is 2.09. The van der Waals surface area contributed by atoms with Crippen molar-refractivity contribution in [1.82, 2.24) is 0 Å². The molecule has 0 rings (SSSR count). The lowest BCUT2D eigenvalue weighted by Gasteiger charge is -2.16. The van der Waals surface area contributed by atoms with E-state index in [1.165, 1.54) is 51.4 Å². The van der Waals surface area contributed by atoms with Gasteiger partial charge in [-0.2, -0.15) is 0 Å². The topological polar surface area (TPSA) is 40.5 Å². The minimum absolute atomic E-state index is 0.424. The van der Waals surface area contributed by atoms with Gasteiger partial charge in [-0.25, -0.2) is 0 Å². The maximum absolute atomic E-state index is 8.95. The second kappa shape index (κ2) is 13.4. The molecule has 0 saturated carbocycles. The highest BCUT2D eigenvalue weighted by atomic mass is 16.5. The predicted octanol–water partition coefficient (Wildman–Crippen LogP) is 5.76. The third kappa shape index (κ3) is 14.8. The summed E-state index contributed by atoms with van der Waals surface area (Å²) in [6.45, 7) is 11.5. The Kier molecular flexibility index (Phi) is 13.3. The van der Waals surface area contributed by atoms with Crippen molar-refractivity contribution in [2.45, 2.75) is 105 Å². The Morgan fingerprint density at radius 2 is 0.909 bits per heavy atom. The fraction of sp³-hybridized carbons (Fsp3) is 1.00. The lowest BCUT2D eigenvalue weighted by atomic mass is 9.91. The molecular formula is C20H42O2. The summed E-state index contributed by atoms with van der Waals surface area (Å²) in [6, 6.07) is 0. The average Bonchev–Trinajstić information content (AvgIpc) is 2.37. The fourth-order valence-electron chi connectivity index (χ4n) is 3.27. The van der Waals surface area contributed by atoms with E-state index in [0.717, 1.165) is 24.2 Å². The smallest absolute Gasteiger partial charge is 0.151 e. The first kappa shape index (κ1) is 21.9. The first-order valence-corrected chi connectivity index (χ1v) is 9.67. The first-order chi connectivity index (χ1) is 10.3. The van der Waals surface area contributed by atoms with Crippen molar-refractivity contribution in [3.05, 3.63) is 0 Å². The van der Waals surface area contributed by atoms with E-state index < -0.39 is 6.29 Å². The quantitative estimate of drug-likeness (QED) is 0.400. The zero-order valence-corrected chi connectivity index (χ0v) is 15.9. The molecule has 2 nitrogen and oxygen atoms in total. The molecule has 0 aliphatic carbocycles. The summed E-state index contributed by atoms with van der Waals surface area (Å²) in [6.07, 6.45) is 11.3. The molecule has 22 heavy (non-hydrogen) atoms. The molecule has 0 radical (unpaired) electrons. The van der Waals surface area contributed by atoms with E-state index in [-0.39, 0.29) is 0 Å². The van der Waals surface area contributed by atoms with Gasteiger partial charge in [0.2, 0.25) is 0 Å². The van der Waals surface area contributed by atoms with Gasteiger partial charge in [-0.1, -0.05) is 92.4 Å². The molecule has 2 N–H and O–H groups in total. The molecule has 0 fully saturated rings. The Hall–Kier alpha value is -0.0800. The average molecular weight is 315 g/mol. The molecular weight excluding hydrogens is 272 g/mol. The maximum Gasteiger partial charge on any atom is 0.151 e. The molecule has 0 amide bonds. The van der Waals surface area contributed by atoms with E-state index in [0.29, 0.717) is 12.3 Å². The van der Waals surface area contributed by atoms with Crippen LogP contribution in [-0.4, -0.2) is 16.5 Å². The van der Waals surface area contributed by atoms with Crippen LogP contribution < -0.4 is 0 Å². The van der Waals surface area contributed by atoms with E-state index >= 15 is 0 Å². The maximum atomic E-state index is 8.95. The molecule has 0 aromatic heterocycles. The van der Waals surface area contributed by atoms with E-state index in [4.69, 9.17) is 10.2 Å². The summed E-state index contributed by atoms with van der Waals surface area (Å²) in [5, 5.41) is 17.9. The SMILES string of the molecule is CC(C)CCCC(C)CCCC(C)CCCC(C)CC(O)O. The van der Waals surface area contributed by atoms with Gasteiger partial charge in [-0.15, -0.1) is 0 Å².